The van der Waals surface area contributed by atoms with Gasteiger partial charge in [-0.25, -0.2) is 9.36 Å². The van der Waals surface area contributed by atoms with E-state index in [2.05, 4.69) is 5.32 Å². The van der Waals surface area contributed by atoms with Crippen molar-refractivity contribution in [3.8, 4) is 5.69 Å². The number of aromatic nitrogens is 2. The molecule has 0 bridgehead atoms. The Labute approximate surface area is 169 Å². The molecule has 3 rings (SSSR count). The molecule has 0 aliphatic rings. The van der Waals surface area contributed by atoms with Gasteiger partial charge in [-0.05, 0) is 49.1 Å². The summed E-state index contributed by atoms with van der Waals surface area (Å²) in [5.74, 6) is 0.0778. The Morgan fingerprint density at radius 1 is 1.07 bits per heavy atom. The number of hydrogen-bond donors (Lipinski definition) is 1. The van der Waals surface area contributed by atoms with Crippen LogP contribution in [0.15, 0.2) is 58.1 Å². The van der Waals surface area contributed by atoms with Crippen LogP contribution in [-0.2, 0) is 4.79 Å². The molecule has 1 aromatic heterocycles. The third-order valence-electron chi connectivity index (χ3n) is 4.94. The van der Waals surface area contributed by atoms with Gasteiger partial charge in [0.2, 0.25) is 5.91 Å². The number of carbonyl (C=O) groups excluding carboxylic acids is 1. The lowest BCUT2D eigenvalue weighted by molar-refractivity contribution is -0.124. The van der Waals surface area contributed by atoms with Crippen LogP contribution in [0.3, 0.4) is 0 Å². The van der Waals surface area contributed by atoms with Gasteiger partial charge in [-0.3, -0.25) is 14.2 Å². The van der Waals surface area contributed by atoms with Crippen LogP contribution in [0.5, 0.6) is 0 Å². The summed E-state index contributed by atoms with van der Waals surface area (Å²) in [4.78, 5) is 39.6. The highest BCUT2D eigenvalue weighted by Gasteiger charge is 2.25. The highest BCUT2D eigenvalue weighted by atomic mass is 16.2. The second-order valence-corrected chi connectivity index (χ2v) is 7.71. The summed E-state index contributed by atoms with van der Waals surface area (Å²) in [6.45, 7) is 8.33. The fourth-order valence-corrected chi connectivity index (χ4v) is 3.49. The molecule has 0 unspecified atom stereocenters. The molecule has 0 saturated heterocycles. The SMILES string of the molecule is CC[C@H](C(=O)NCC(C)C)n1c(=O)n(-c2cccc(C)c2)c(=O)c2ccccc21. The maximum absolute atomic E-state index is 13.5. The summed E-state index contributed by atoms with van der Waals surface area (Å²) in [5, 5.41) is 3.33. The number of rotatable bonds is 6. The Kier molecular flexibility index (Phi) is 6.01. The van der Waals surface area contributed by atoms with Crippen molar-refractivity contribution >= 4 is 16.8 Å². The molecule has 3 aromatic rings. The maximum Gasteiger partial charge on any atom is 0.336 e. The second kappa shape index (κ2) is 8.47. The lowest BCUT2D eigenvalue weighted by atomic mass is 10.1. The van der Waals surface area contributed by atoms with E-state index >= 15 is 0 Å². The lowest BCUT2D eigenvalue weighted by Crippen LogP contribution is -2.44. The van der Waals surface area contributed by atoms with Gasteiger partial charge in [-0.2, -0.15) is 0 Å². The fraction of sp³-hybridized carbons (Fsp3) is 0.348. The van der Waals surface area contributed by atoms with Crippen LogP contribution in [0.1, 0.15) is 38.8 Å². The van der Waals surface area contributed by atoms with Crippen molar-refractivity contribution in [3.63, 3.8) is 0 Å². The molecule has 6 nitrogen and oxygen atoms in total. The standard InChI is InChI=1S/C23H27N3O3/c1-5-19(21(27)24-14-15(2)3)26-20-12-7-6-11-18(20)22(28)25(23(26)29)17-10-8-9-16(4)13-17/h6-13,15,19H,5,14H2,1-4H3,(H,24,27)/t19-/m1/s1. The summed E-state index contributed by atoms with van der Waals surface area (Å²) in [6.07, 6.45) is 0.430. The zero-order chi connectivity index (χ0) is 21.1. The summed E-state index contributed by atoms with van der Waals surface area (Å²) < 4.78 is 2.61. The highest BCUT2D eigenvalue weighted by Crippen LogP contribution is 2.18. The van der Waals surface area contributed by atoms with Crippen LogP contribution < -0.4 is 16.6 Å². The topological polar surface area (TPSA) is 73.1 Å². The molecule has 6 heteroatoms. The number of benzene rings is 2. The molecular weight excluding hydrogens is 366 g/mol. The Balaban J connectivity index is 2.30. The highest BCUT2D eigenvalue weighted by molar-refractivity contribution is 5.84. The fourth-order valence-electron chi connectivity index (χ4n) is 3.49. The summed E-state index contributed by atoms with van der Waals surface area (Å²) in [6, 6.07) is 13.5. The van der Waals surface area contributed by atoms with Gasteiger partial charge in [0, 0.05) is 6.54 Å². The van der Waals surface area contributed by atoms with Crippen LogP contribution in [0.25, 0.3) is 16.6 Å². The van der Waals surface area contributed by atoms with Crippen molar-refractivity contribution in [2.75, 3.05) is 6.54 Å². The van der Waals surface area contributed by atoms with Gasteiger partial charge >= 0.3 is 5.69 Å². The minimum absolute atomic E-state index is 0.220. The normalized spacial score (nSPS) is 12.3. The molecule has 0 aliphatic carbocycles. The smallest absolute Gasteiger partial charge is 0.336 e. The van der Waals surface area contributed by atoms with Gasteiger partial charge in [0.1, 0.15) is 6.04 Å². The number of nitrogens with one attached hydrogen (secondary N) is 1. The van der Waals surface area contributed by atoms with Gasteiger partial charge in [0.25, 0.3) is 5.56 Å². The predicted octanol–water partition coefficient (Wildman–Crippen LogP) is 3.18. The molecule has 152 valence electrons. The minimum atomic E-state index is -0.706. The molecule has 29 heavy (non-hydrogen) atoms. The van der Waals surface area contributed by atoms with Gasteiger partial charge in [0.15, 0.2) is 0 Å². The first-order chi connectivity index (χ1) is 13.8. The van der Waals surface area contributed by atoms with Gasteiger partial charge in [-0.1, -0.05) is 45.0 Å². The zero-order valence-electron chi connectivity index (χ0n) is 17.3. The first-order valence-corrected chi connectivity index (χ1v) is 9.96. The Bertz CT molecular complexity index is 1160. The Morgan fingerprint density at radius 2 is 1.79 bits per heavy atom. The third-order valence-corrected chi connectivity index (χ3v) is 4.94. The average Bonchev–Trinajstić information content (AvgIpc) is 2.69. The van der Waals surface area contributed by atoms with Crippen LogP contribution in [0, 0.1) is 12.8 Å². The van der Waals surface area contributed by atoms with Crippen molar-refractivity contribution in [1.82, 2.24) is 14.5 Å². The van der Waals surface area contributed by atoms with E-state index in [0.29, 0.717) is 35.5 Å². The van der Waals surface area contributed by atoms with Crippen molar-refractivity contribution in [1.29, 1.82) is 0 Å². The Morgan fingerprint density at radius 3 is 2.45 bits per heavy atom. The monoisotopic (exact) mass is 393 g/mol. The first kappa shape index (κ1) is 20.6. The van der Waals surface area contributed by atoms with E-state index in [1.807, 2.05) is 39.8 Å². The molecule has 0 aliphatic heterocycles. The van der Waals surface area contributed by atoms with E-state index in [1.165, 1.54) is 4.57 Å². The molecule has 1 N–H and O–H groups in total. The van der Waals surface area contributed by atoms with Crippen molar-refractivity contribution in [2.24, 2.45) is 5.92 Å². The third kappa shape index (κ3) is 4.01. The van der Waals surface area contributed by atoms with Crippen LogP contribution >= 0.6 is 0 Å². The zero-order valence-corrected chi connectivity index (χ0v) is 17.3. The van der Waals surface area contributed by atoms with E-state index in [-0.39, 0.29) is 11.5 Å². The maximum atomic E-state index is 13.5. The molecule has 0 radical (unpaired) electrons. The predicted molar refractivity (Wildman–Crippen MR) is 116 cm³/mol. The van der Waals surface area contributed by atoms with Crippen molar-refractivity contribution in [2.45, 2.75) is 40.2 Å². The molecule has 0 fully saturated rings. The molecule has 1 heterocycles. The summed E-state index contributed by atoms with van der Waals surface area (Å²) in [5.41, 5.74) is 1.01. The number of amides is 1. The van der Waals surface area contributed by atoms with Crippen molar-refractivity contribution < 1.29 is 4.79 Å². The first-order valence-electron chi connectivity index (χ1n) is 9.96. The van der Waals surface area contributed by atoms with Crippen LogP contribution in [-0.4, -0.2) is 21.6 Å². The van der Waals surface area contributed by atoms with Gasteiger partial charge in [-0.15, -0.1) is 0 Å². The lowest BCUT2D eigenvalue weighted by Gasteiger charge is -2.22. The molecule has 0 spiro atoms. The van der Waals surface area contributed by atoms with E-state index in [4.69, 9.17) is 0 Å². The average molecular weight is 393 g/mol. The van der Waals surface area contributed by atoms with Crippen molar-refractivity contribution in [3.05, 3.63) is 74.9 Å². The summed E-state index contributed by atoms with van der Waals surface area (Å²) in [7, 11) is 0. The quantitative estimate of drug-likeness (QED) is 0.699. The van der Waals surface area contributed by atoms with Gasteiger partial charge < -0.3 is 5.32 Å². The second-order valence-electron chi connectivity index (χ2n) is 7.71. The number of hydrogen-bond acceptors (Lipinski definition) is 3. The van der Waals surface area contributed by atoms with Gasteiger partial charge in [0.05, 0.1) is 16.6 Å². The van der Waals surface area contributed by atoms with E-state index in [0.717, 1.165) is 10.1 Å². The van der Waals surface area contributed by atoms with Crippen LogP contribution in [0.4, 0.5) is 0 Å². The number of fused-ring (bicyclic) bond motifs is 1. The molecule has 2 aromatic carbocycles. The molecule has 1 atom stereocenters. The summed E-state index contributed by atoms with van der Waals surface area (Å²) >= 11 is 0. The largest absolute Gasteiger partial charge is 0.354 e. The number of nitrogens with zero attached hydrogens (tertiary/aromatic N) is 2. The number of para-hydroxylation sites is 1. The number of aryl methyl sites for hydroxylation is 1. The molecule has 1 amide bonds. The molecule has 0 saturated carbocycles. The van der Waals surface area contributed by atoms with E-state index in [1.54, 1.807) is 36.4 Å². The van der Waals surface area contributed by atoms with E-state index in [9.17, 15) is 14.4 Å². The van der Waals surface area contributed by atoms with E-state index < -0.39 is 11.7 Å². The Hall–Kier alpha value is -3.15. The number of carbonyl (C=O) groups is 1. The molecular formula is C23H27N3O3. The minimum Gasteiger partial charge on any atom is -0.354 e. The van der Waals surface area contributed by atoms with Crippen LogP contribution in [0.2, 0.25) is 0 Å².